The number of amides is 1. The van der Waals surface area contributed by atoms with Crippen LogP contribution in [0.25, 0.3) is 11.0 Å². The average Bonchev–Trinajstić information content (AvgIpc) is 3.04. The van der Waals surface area contributed by atoms with Crippen LogP contribution < -0.4 is 5.32 Å². The lowest BCUT2D eigenvalue weighted by Crippen LogP contribution is -2.30. The molecule has 1 aliphatic heterocycles. The highest BCUT2D eigenvalue weighted by molar-refractivity contribution is 6.31. The van der Waals surface area contributed by atoms with Gasteiger partial charge in [0.1, 0.15) is 5.82 Å². The fourth-order valence-electron chi connectivity index (χ4n) is 2.17. The Kier molecular flexibility index (Phi) is 3.40. The molecule has 1 fully saturated rings. The van der Waals surface area contributed by atoms with E-state index in [0.717, 1.165) is 23.3 Å². The summed E-state index contributed by atoms with van der Waals surface area (Å²) in [6.45, 7) is 1.57. The summed E-state index contributed by atoms with van der Waals surface area (Å²) in [5, 5.41) is 3.53. The van der Waals surface area contributed by atoms with E-state index in [1.807, 2.05) is 12.1 Å². The Morgan fingerprint density at radius 3 is 3.26 bits per heavy atom. The van der Waals surface area contributed by atoms with E-state index in [9.17, 15) is 4.79 Å². The van der Waals surface area contributed by atoms with E-state index in [4.69, 9.17) is 16.3 Å². The molecule has 0 radical (unpaired) electrons. The number of H-pyrrole nitrogens is 1. The molecule has 2 aromatic rings. The van der Waals surface area contributed by atoms with Crippen LogP contribution in [0.2, 0.25) is 5.02 Å². The molecule has 1 amide bonds. The molecule has 2 N–H and O–H groups in total. The molecule has 1 saturated heterocycles. The second kappa shape index (κ2) is 5.19. The highest BCUT2D eigenvalue weighted by Gasteiger charge is 2.23. The van der Waals surface area contributed by atoms with Crippen molar-refractivity contribution in [1.29, 1.82) is 0 Å². The van der Waals surface area contributed by atoms with E-state index in [2.05, 4.69) is 15.3 Å². The van der Waals surface area contributed by atoms with Crippen molar-refractivity contribution in [3.05, 3.63) is 29.0 Å². The van der Waals surface area contributed by atoms with E-state index in [-0.39, 0.29) is 11.8 Å². The summed E-state index contributed by atoms with van der Waals surface area (Å²) in [4.78, 5) is 19.4. The number of hydrogen-bond acceptors (Lipinski definition) is 3. The predicted molar refractivity (Wildman–Crippen MR) is 71.9 cm³/mol. The van der Waals surface area contributed by atoms with Crippen LogP contribution in [-0.4, -0.2) is 29.1 Å². The van der Waals surface area contributed by atoms with Gasteiger partial charge in [-0.25, -0.2) is 4.98 Å². The first kappa shape index (κ1) is 12.4. The van der Waals surface area contributed by atoms with E-state index in [0.29, 0.717) is 24.8 Å². The summed E-state index contributed by atoms with van der Waals surface area (Å²) < 4.78 is 5.19. The number of benzene rings is 1. The highest BCUT2D eigenvalue weighted by atomic mass is 35.5. The molecule has 2 heterocycles. The van der Waals surface area contributed by atoms with Gasteiger partial charge >= 0.3 is 0 Å². The molecule has 5 nitrogen and oxygen atoms in total. The molecule has 3 rings (SSSR count). The first-order chi connectivity index (χ1) is 9.22. The van der Waals surface area contributed by atoms with Gasteiger partial charge in [0, 0.05) is 11.6 Å². The van der Waals surface area contributed by atoms with Gasteiger partial charge < -0.3 is 15.0 Å². The Bertz CT molecular complexity index is 605. The van der Waals surface area contributed by atoms with Gasteiger partial charge in [-0.3, -0.25) is 4.79 Å². The molecule has 100 valence electrons. The number of hydrogen-bond donors (Lipinski definition) is 2. The molecule has 0 spiro atoms. The Morgan fingerprint density at radius 2 is 2.47 bits per heavy atom. The molecule has 1 atom stereocenters. The maximum atomic E-state index is 11.8. The quantitative estimate of drug-likeness (QED) is 0.901. The second-order valence-electron chi connectivity index (χ2n) is 4.62. The minimum Gasteiger partial charge on any atom is -0.381 e. The van der Waals surface area contributed by atoms with Gasteiger partial charge in [0.05, 0.1) is 30.1 Å². The van der Waals surface area contributed by atoms with Crippen molar-refractivity contribution >= 4 is 28.5 Å². The molecule has 6 heteroatoms. The zero-order valence-electron chi connectivity index (χ0n) is 10.3. The van der Waals surface area contributed by atoms with Crippen LogP contribution in [0.3, 0.4) is 0 Å². The fraction of sp³-hybridized carbons (Fsp3) is 0.385. The number of aromatic nitrogens is 2. The van der Waals surface area contributed by atoms with Gasteiger partial charge in [-0.1, -0.05) is 11.6 Å². The van der Waals surface area contributed by atoms with Crippen molar-refractivity contribution < 1.29 is 9.53 Å². The van der Waals surface area contributed by atoms with Crippen LogP contribution in [0.15, 0.2) is 18.2 Å². The number of fused-ring (bicyclic) bond motifs is 1. The van der Waals surface area contributed by atoms with Crippen molar-refractivity contribution in [1.82, 2.24) is 15.3 Å². The lowest BCUT2D eigenvalue weighted by molar-refractivity contribution is -0.125. The van der Waals surface area contributed by atoms with Gasteiger partial charge in [-0.05, 0) is 24.6 Å². The number of carbonyl (C=O) groups excluding carboxylic acids is 1. The third-order valence-electron chi connectivity index (χ3n) is 3.22. The summed E-state index contributed by atoms with van der Waals surface area (Å²) >= 11 is 5.91. The Morgan fingerprint density at radius 1 is 1.58 bits per heavy atom. The van der Waals surface area contributed by atoms with Crippen molar-refractivity contribution in [2.75, 3.05) is 13.2 Å². The van der Waals surface area contributed by atoms with Gasteiger partial charge in [0.2, 0.25) is 5.91 Å². The third kappa shape index (κ3) is 2.72. The number of ether oxygens (including phenoxy) is 1. The van der Waals surface area contributed by atoms with Crippen LogP contribution in [0.1, 0.15) is 12.2 Å². The molecule has 1 aromatic carbocycles. The van der Waals surface area contributed by atoms with Crippen molar-refractivity contribution in [2.24, 2.45) is 5.92 Å². The monoisotopic (exact) mass is 279 g/mol. The summed E-state index contributed by atoms with van der Waals surface area (Å²) in [6, 6.07) is 5.47. The average molecular weight is 280 g/mol. The molecule has 0 aliphatic carbocycles. The number of nitrogens with one attached hydrogen (secondary N) is 2. The second-order valence-corrected chi connectivity index (χ2v) is 5.06. The van der Waals surface area contributed by atoms with E-state index in [1.54, 1.807) is 6.07 Å². The molecule has 1 unspecified atom stereocenters. The van der Waals surface area contributed by atoms with Gasteiger partial charge in [0.25, 0.3) is 0 Å². The molecule has 1 aromatic heterocycles. The predicted octanol–water partition coefficient (Wildman–Crippen LogP) is 1.87. The SMILES string of the molecule is O=C(NCc1nc2ccc(Cl)cc2[nH]1)C1CCOC1. The number of rotatable bonds is 3. The van der Waals surface area contributed by atoms with Crippen molar-refractivity contribution in [3.8, 4) is 0 Å². The smallest absolute Gasteiger partial charge is 0.225 e. The summed E-state index contributed by atoms with van der Waals surface area (Å²) in [7, 11) is 0. The van der Waals surface area contributed by atoms with Gasteiger partial charge in [-0.15, -0.1) is 0 Å². The topological polar surface area (TPSA) is 67.0 Å². The largest absolute Gasteiger partial charge is 0.381 e. The van der Waals surface area contributed by atoms with Crippen molar-refractivity contribution in [3.63, 3.8) is 0 Å². The summed E-state index contributed by atoms with van der Waals surface area (Å²) in [5.74, 6) is 0.722. The maximum absolute atomic E-state index is 11.8. The minimum atomic E-state index is -0.0289. The molecule has 0 bridgehead atoms. The van der Waals surface area contributed by atoms with Crippen LogP contribution in [0.5, 0.6) is 0 Å². The Hall–Kier alpha value is -1.59. The number of carbonyl (C=O) groups is 1. The first-order valence-electron chi connectivity index (χ1n) is 6.22. The molecule has 0 saturated carbocycles. The van der Waals surface area contributed by atoms with Crippen LogP contribution >= 0.6 is 11.6 Å². The lowest BCUT2D eigenvalue weighted by Gasteiger charge is -2.07. The van der Waals surface area contributed by atoms with E-state index < -0.39 is 0 Å². The molecule has 1 aliphatic rings. The normalized spacial score (nSPS) is 18.9. The lowest BCUT2D eigenvalue weighted by atomic mass is 10.1. The van der Waals surface area contributed by atoms with Crippen LogP contribution in [0.4, 0.5) is 0 Å². The van der Waals surface area contributed by atoms with Crippen LogP contribution in [0, 0.1) is 5.92 Å². The number of aromatic amines is 1. The number of nitrogens with zero attached hydrogens (tertiary/aromatic N) is 1. The zero-order valence-corrected chi connectivity index (χ0v) is 11.0. The zero-order chi connectivity index (χ0) is 13.2. The van der Waals surface area contributed by atoms with E-state index in [1.165, 1.54) is 0 Å². The minimum absolute atomic E-state index is 0.0241. The maximum Gasteiger partial charge on any atom is 0.225 e. The van der Waals surface area contributed by atoms with Crippen molar-refractivity contribution in [2.45, 2.75) is 13.0 Å². The first-order valence-corrected chi connectivity index (χ1v) is 6.60. The van der Waals surface area contributed by atoms with E-state index >= 15 is 0 Å². The van der Waals surface area contributed by atoms with Gasteiger partial charge in [-0.2, -0.15) is 0 Å². The number of imidazole rings is 1. The molecular formula is C13H14ClN3O2. The fourth-order valence-corrected chi connectivity index (χ4v) is 2.35. The Balaban J connectivity index is 1.66. The van der Waals surface area contributed by atoms with Crippen LogP contribution in [-0.2, 0) is 16.1 Å². The van der Waals surface area contributed by atoms with Gasteiger partial charge in [0.15, 0.2) is 0 Å². The standard InChI is InChI=1S/C13H14ClN3O2/c14-9-1-2-10-11(5-9)17-12(16-10)6-15-13(18)8-3-4-19-7-8/h1-2,5,8H,3-4,6-7H2,(H,15,18)(H,16,17). The third-order valence-corrected chi connectivity index (χ3v) is 3.46. The molecular weight excluding hydrogens is 266 g/mol. The summed E-state index contributed by atoms with van der Waals surface area (Å²) in [6.07, 6.45) is 0.793. The summed E-state index contributed by atoms with van der Waals surface area (Å²) in [5.41, 5.74) is 1.72. The Labute approximate surface area is 115 Å². The highest BCUT2D eigenvalue weighted by Crippen LogP contribution is 2.17. The number of halogens is 1. The molecule has 19 heavy (non-hydrogen) atoms.